The van der Waals surface area contributed by atoms with Gasteiger partial charge in [-0.15, -0.1) is 0 Å². The topological polar surface area (TPSA) is 28.2 Å². The predicted molar refractivity (Wildman–Crippen MR) is 122 cm³/mol. The summed E-state index contributed by atoms with van der Waals surface area (Å²) >= 11 is 6.11. The average molecular weight is 402 g/mol. The van der Waals surface area contributed by atoms with Crippen LogP contribution in [0.25, 0.3) is 10.9 Å². The van der Waals surface area contributed by atoms with Gasteiger partial charge in [0, 0.05) is 41.9 Å². The maximum absolute atomic E-state index is 6.11. The minimum absolute atomic E-state index is 0.703. The molecule has 0 amide bonds. The Hall–Kier alpha value is -2.88. The summed E-state index contributed by atoms with van der Waals surface area (Å²) in [5, 5.41) is 5.37. The van der Waals surface area contributed by atoms with Crippen molar-refractivity contribution in [2.75, 3.05) is 12.4 Å². The third kappa shape index (κ3) is 4.94. The lowest BCUT2D eigenvalue weighted by Crippen LogP contribution is -2.18. The van der Waals surface area contributed by atoms with Crippen molar-refractivity contribution in [2.45, 2.75) is 19.6 Å². The number of halogens is 1. The van der Waals surface area contributed by atoms with Gasteiger partial charge in [0.25, 0.3) is 0 Å². The highest BCUT2D eigenvalue weighted by molar-refractivity contribution is 6.31. The third-order valence-electron chi connectivity index (χ3n) is 5.03. The molecule has 1 heterocycles. The van der Waals surface area contributed by atoms with Gasteiger partial charge in [0.2, 0.25) is 0 Å². The van der Waals surface area contributed by atoms with Crippen LogP contribution >= 0.6 is 11.6 Å². The number of benzene rings is 3. The second kappa shape index (κ2) is 9.08. The van der Waals surface area contributed by atoms with Crippen molar-refractivity contribution in [3.63, 3.8) is 0 Å². The number of hydrogen-bond acceptors (Lipinski definition) is 3. The number of anilines is 1. The van der Waals surface area contributed by atoms with E-state index in [-0.39, 0.29) is 0 Å². The van der Waals surface area contributed by atoms with E-state index < -0.39 is 0 Å². The number of pyridine rings is 1. The van der Waals surface area contributed by atoms with Crippen LogP contribution in [-0.4, -0.2) is 16.9 Å². The van der Waals surface area contributed by atoms with E-state index in [4.69, 9.17) is 11.6 Å². The molecular formula is C25H24ClN3. The predicted octanol–water partition coefficient (Wildman–Crippen LogP) is 6.13. The van der Waals surface area contributed by atoms with E-state index in [1.807, 2.05) is 30.5 Å². The van der Waals surface area contributed by atoms with Crippen LogP contribution in [0, 0.1) is 0 Å². The smallest absolute Gasteiger partial charge is 0.0737 e. The molecule has 4 aromatic rings. The zero-order valence-electron chi connectivity index (χ0n) is 16.5. The Morgan fingerprint density at radius 1 is 0.862 bits per heavy atom. The van der Waals surface area contributed by atoms with Crippen LogP contribution in [0.4, 0.5) is 5.69 Å². The molecule has 1 aromatic heterocycles. The van der Waals surface area contributed by atoms with E-state index in [1.165, 1.54) is 16.7 Å². The Labute approximate surface area is 177 Å². The molecule has 0 bridgehead atoms. The van der Waals surface area contributed by atoms with Crippen LogP contribution in [0.3, 0.4) is 0 Å². The second-order valence-electron chi connectivity index (χ2n) is 7.30. The van der Waals surface area contributed by atoms with Crippen LogP contribution < -0.4 is 5.32 Å². The molecule has 4 rings (SSSR count). The van der Waals surface area contributed by atoms with Crippen LogP contribution in [0.2, 0.25) is 5.02 Å². The number of hydrogen-bond donors (Lipinski definition) is 1. The summed E-state index contributed by atoms with van der Waals surface area (Å²) in [4.78, 5) is 6.77. The average Bonchev–Trinajstić information content (AvgIpc) is 2.73. The fourth-order valence-corrected chi connectivity index (χ4v) is 3.76. The van der Waals surface area contributed by atoms with Crippen LogP contribution in [-0.2, 0) is 19.6 Å². The van der Waals surface area contributed by atoms with Gasteiger partial charge in [-0.3, -0.25) is 9.88 Å². The Balaban J connectivity index is 1.48. The number of fused-ring (bicyclic) bond motifs is 1. The first-order valence-electron chi connectivity index (χ1n) is 9.76. The lowest BCUT2D eigenvalue weighted by Gasteiger charge is -2.19. The van der Waals surface area contributed by atoms with E-state index in [0.29, 0.717) is 5.02 Å². The Morgan fingerprint density at radius 2 is 1.62 bits per heavy atom. The SMILES string of the molecule is CN(Cc1ccccc1)Cc1ccccc1CNc1ccnc2cc(Cl)ccc12. The molecule has 0 spiro atoms. The lowest BCUT2D eigenvalue weighted by molar-refractivity contribution is 0.318. The maximum atomic E-state index is 6.11. The van der Waals surface area contributed by atoms with Crippen LogP contribution in [0.15, 0.2) is 85.1 Å². The summed E-state index contributed by atoms with van der Waals surface area (Å²) in [5.41, 5.74) is 5.93. The first-order chi connectivity index (χ1) is 14.2. The molecule has 0 aliphatic heterocycles. The molecule has 0 unspecified atom stereocenters. The van der Waals surface area contributed by atoms with Gasteiger partial charge in [-0.2, -0.15) is 0 Å². The second-order valence-corrected chi connectivity index (χ2v) is 7.74. The quantitative estimate of drug-likeness (QED) is 0.403. The first kappa shape index (κ1) is 19.4. The zero-order valence-corrected chi connectivity index (χ0v) is 17.2. The van der Waals surface area contributed by atoms with Gasteiger partial charge in [0.05, 0.1) is 5.52 Å². The van der Waals surface area contributed by atoms with E-state index in [1.54, 1.807) is 0 Å². The molecule has 3 nitrogen and oxygen atoms in total. The van der Waals surface area contributed by atoms with Crippen LogP contribution in [0.5, 0.6) is 0 Å². The molecule has 146 valence electrons. The largest absolute Gasteiger partial charge is 0.380 e. The highest BCUT2D eigenvalue weighted by atomic mass is 35.5. The zero-order chi connectivity index (χ0) is 20.1. The first-order valence-corrected chi connectivity index (χ1v) is 10.1. The molecular weight excluding hydrogens is 378 g/mol. The van der Waals surface area contributed by atoms with Crippen LogP contribution in [0.1, 0.15) is 16.7 Å². The Kier molecular flexibility index (Phi) is 6.09. The fraction of sp³-hybridized carbons (Fsp3) is 0.160. The van der Waals surface area contributed by atoms with E-state index in [0.717, 1.165) is 36.2 Å². The van der Waals surface area contributed by atoms with Crippen molar-refractivity contribution in [1.82, 2.24) is 9.88 Å². The molecule has 0 aliphatic carbocycles. The van der Waals surface area contributed by atoms with Gasteiger partial charge >= 0.3 is 0 Å². The van der Waals surface area contributed by atoms with E-state index in [9.17, 15) is 0 Å². The summed E-state index contributed by atoms with van der Waals surface area (Å²) < 4.78 is 0. The fourth-order valence-electron chi connectivity index (χ4n) is 3.59. The van der Waals surface area contributed by atoms with Gasteiger partial charge < -0.3 is 5.32 Å². The summed E-state index contributed by atoms with van der Waals surface area (Å²) in [6, 6.07) is 27.0. The molecule has 0 saturated heterocycles. The standard InChI is InChI=1S/C25H24ClN3/c1-29(17-19-7-3-2-4-8-19)18-21-10-6-5-9-20(21)16-28-24-13-14-27-25-15-22(26)11-12-23(24)25/h2-15H,16-18H2,1H3,(H,27,28). The minimum atomic E-state index is 0.703. The Bertz CT molecular complexity index is 1100. The van der Waals surface area contributed by atoms with Crippen molar-refractivity contribution < 1.29 is 0 Å². The van der Waals surface area contributed by atoms with Gasteiger partial charge in [-0.1, -0.05) is 66.2 Å². The molecule has 29 heavy (non-hydrogen) atoms. The van der Waals surface area contributed by atoms with Gasteiger partial charge in [-0.05, 0) is 48.0 Å². The van der Waals surface area contributed by atoms with Crippen molar-refractivity contribution in [3.8, 4) is 0 Å². The lowest BCUT2D eigenvalue weighted by atomic mass is 10.1. The van der Waals surface area contributed by atoms with Gasteiger partial charge in [0.15, 0.2) is 0 Å². The van der Waals surface area contributed by atoms with E-state index >= 15 is 0 Å². The molecule has 0 aliphatic rings. The maximum Gasteiger partial charge on any atom is 0.0737 e. The number of nitrogens with zero attached hydrogens (tertiary/aromatic N) is 2. The molecule has 1 N–H and O–H groups in total. The number of nitrogens with one attached hydrogen (secondary N) is 1. The molecule has 0 radical (unpaired) electrons. The summed E-state index contributed by atoms with van der Waals surface area (Å²) in [6.07, 6.45) is 1.82. The summed E-state index contributed by atoms with van der Waals surface area (Å²) in [7, 11) is 2.16. The van der Waals surface area contributed by atoms with Crippen molar-refractivity contribution in [1.29, 1.82) is 0 Å². The Morgan fingerprint density at radius 3 is 2.45 bits per heavy atom. The third-order valence-corrected chi connectivity index (χ3v) is 5.26. The van der Waals surface area contributed by atoms with E-state index in [2.05, 4.69) is 76.8 Å². The molecule has 4 heteroatoms. The minimum Gasteiger partial charge on any atom is -0.380 e. The van der Waals surface area contributed by atoms with Crippen molar-refractivity contribution in [2.24, 2.45) is 0 Å². The monoisotopic (exact) mass is 401 g/mol. The highest BCUT2D eigenvalue weighted by Gasteiger charge is 2.08. The number of rotatable bonds is 7. The van der Waals surface area contributed by atoms with Gasteiger partial charge in [0.1, 0.15) is 0 Å². The van der Waals surface area contributed by atoms with Crippen molar-refractivity contribution in [3.05, 3.63) is 107 Å². The number of aromatic nitrogens is 1. The summed E-state index contributed by atoms with van der Waals surface area (Å²) in [6.45, 7) is 2.59. The van der Waals surface area contributed by atoms with Gasteiger partial charge in [-0.25, -0.2) is 0 Å². The normalized spacial score (nSPS) is 11.1. The van der Waals surface area contributed by atoms with Crippen molar-refractivity contribution >= 4 is 28.2 Å². The molecule has 0 saturated carbocycles. The summed E-state index contributed by atoms with van der Waals surface area (Å²) in [5.74, 6) is 0. The molecule has 0 fully saturated rings. The molecule has 0 atom stereocenters. The molecule has 3 aromatic carbocycles. The highest BCUT2D eigenvalue weighted by Crippen LogP contribution is 2.25.